The second-order valence-electron chi connectivity index (χ2n) is 1.10. The third kappa shape index (κ3) is 5.79. The van der Waals surface area contributed by atoms with Crippen LogP contribution in [0.15, 0.2) is 5.34 Å². The molecule has 0 aromatic heterocycles. The van der Waals surface area contributed by atoms with E-state index in [9.17, 15) is 4.91 Å². The molecule has 5 heteroatoms. The summed E-state index contributed by atoms with van der Waals surface area (Å²) in [6.45, 7) is 2.59. The first-order chi connectivity index (χ1) is 3.91. The van der Waals surface area contributed by atoms with Crippen LogP contribution in [0.4, 0.5) is 0 Å². The molecule has 0 aliphatic rings. The Morgan fingerprint density at radius 2 is 2.50 bits per heavy atom. The van der Waals surface area contributed by atoms with Gasteiger partial charge in [0.2, 0.25) is 0 Å². The molecular formula is C3H8NO3P. The summed E-state index contributed by atoms with van der Waals surface area (Å²) in [5.74, 6) is 0. The van der Waals surface area contributed by atoms with Gasteiger partial charge in [-0.25, -0.2) is 0 Å². The molecule has 0 bridgehead atoms. The zero-order valence-corrected chi connectivity index (χ0v) is 5.59. The van der Waals surface area contributed by atoms with E-state index < -0.39 is 0 Å². The lowest BCUT2D eigenvalue weighted by Crippen LogP contribution is -1.78. The second kappa shape index (κ2) is 6.79. The van der Waals surface area contributed by atoms with Crippen LogP contribution in [0, 0.1) is 4.91 Å². The van der Waals surface area contributed by atoms with Crippen LogP contribution in [0.1, 0.15) is 13.3 Å². The van der Waals surface area contributed by atoms with Crippen molar-refractivity contribution in [3.8, 4) is 0 Å². The standard InChI is InChI=1S/C3H8NO3P/c1-2-3-6-8-7-4-5/h8H,2-3H2,1H3. The molecule has 4 nitrogen and oxygen atoms in total. The lowest BCUT2D eigenvalue weighted by atomic mass is 10.5. The minimum Gasteiger partial charge on any atom is -0.325 e. The van der Waals surface area contributed by atoms with Crippen LogP contribution in [0.5, 0.6) is 0 Å². The summed E-state index contributed by atoms with van der Waals surface area (Å²) in [5, 5.41) is 2.14. The molecule has 1 atom stereocenters. The highest BCUT2D eigenvalue weighted by Gasteiger charge is 1.82. The van der Waals surface area contributed by atoms with Gasteiger partial charge in [-0.15, -0.1) is 4.91 Å². The Kier molecular flexibility index (Phi) is 6.61. The van der Waals surface area contributed by atoms with Crippen LogP contribution < -0.4 is 0 Å². The van der Waals surface area contributed by atoms with E-state index in [1.807, 2.05) is 6.92 Å². The maximum atomic E-state index is 9.22. The Bertz CT molecular complexity index is 60.5. The maximum absolute atomic E-state index is 9.22. The minimum absolute atomic E-state index is 0.240. The summed E-state index contributed by atoms with van der Waals surface area (Å²) in [6, 6.07) is 0. The van der Waals surface area contributed by atoms with E-state index in [-0.39, 0.29) is 9.03 Å². The molecule has 0 fully saturated rings. The summed E-state index contributed by atoms with van der Waals surface area (Å²) in [7, 11) is -0.240. The van der Waals surface area contributed by atoms with Crippen molar-refractivity contribution in [1.29, 1.82) is 0 Å². The molecule has 0 spiro atoms. The smallest absolute Gasteiger partial charge is 0.251 e. The van der Waals surface area contributed by atoms with Crippen LogP contribution in [-0.2, 0) is 9.15 Å². The van der Waals surface area contributed by atoms with Gasteiger partial charge in [0.15, 0.2) is 5.34 Å². The van der Waals surface area contributed by atoms with Crippen LogP contribution in [-0.4, -0.2) is 6.61 Å². The van der Waals surface area contributed by atoms with Crippen molar-refractivity contribution in [3.63, 3.8) is 0 Å². The molecule has 0 aliphatic carbocycles. The third-order valence-corrected chi connectivity index (χ3v) is 0.911. The van der Waals surface area contributed by atoms with Crippen molar-refractivity contribution >= 4 is 9.03 Å². The van der Waals surface area contributed by atoms with Crippen molar-refractivity contribution in [2.75, 3.05) is 6.61 Å². The summed E-state index contributed by atoms with van der Waals surface area (Å²) in [5.41, 5.74) is 0. The van der Waals surface area contributed by atoms with Crippen molar-refractivity contribution in [2.24, 2.45) is 5.34 Å². The molecule has 0 heterocycles. The number of hydrogen-bond acceptors (Lipinski definition) is 4. The van der Waals surface area contributed by atoms with Gasteiger partial charge in [-0.2, -0.15) is 0 Å². The summed E-state index contributed by atoms with van der Waals surface area (Å²) in [4.78, 5) is 9.22. The van der Waals surface area contributed by atoms with Gasteiger partial charge in [0.05, 0.1) is 6.61 Å². The molecular weight excluding hydrogens is 129 g/mol. The molecule has 0 rings (SSSR count). The van der Waals surface area contributed by atoms with E-state index in [0.29, 0.717) is 6.61 Å². The zero-order chi connectivity index (χ0) is 6.24. The van der Waals surface area contributed by atoms with E-state index >= 15 is 0 Å². The average molecular weight is 137 g/mol. The molecule has 0 saturated carbocycles. The predicted molar refractivity (Wildman–Crippen MR) is 31.4 cm³/mol. The molecule has 0 radical (unpaired) electrons. The number of rotatable bonds is 5. The summed E-state index contributed by atoms with van der Waals surface area (Å²) in [6.07, 6.45) is 0.926. The molecule has 0 aliphatic heterocycles. The van der Waals surface area contributed by atoms with Crippen molar-refractivity contribution in [1.82, 2.24) is 0 Å². The molecule has 0 aromatic carbocycles. The Labute approximate surface area is 49.4 Å². The fourth-order valence-corrected chi connectivity index (χ4v) is 0.556. The van der Waals surface area contributed by atoms with Crippen molar-refractivity contribution in [2.45, 2.75) is 13.3 Å². The monoisotopic (exact) mass is 137 g/mol. The fraction of sp³-hybridized carbons (Fsp3) is 1.00. The fourth-order valence-electron chi connectivity index (χ4n) is 0.185. The lowest BCUT2D eigenvalue weighted by Gasteiger charge is -1.93. The van der Waals surface area contributed by atoms with Crippen LogP contribution in [0.2, 0.25) is 0 Å². The van der Waals surface area contributed by atoms with E-state index in [1.54, 1.807) is 0 Å². The topological polar surface area (TPSA) is 47.9 Å². The molecule has 0 amide bonds. The van der Waals surface area contributed by atoms with Gasteiger partial charge < -0.3 is 9.15 Å². The predicted octanol–water partition coefficient (Wildman–Crippen LogP) is 1.62. The highest BCUT2D eigenvalue weighted by molar-refractivity contribution is 7.26. The van der Waals surface area contributed by atoms with Gasteiger partial charge >= 0.3 is 0 Å². The average Bonchev–Trinajstić information content (AvgIpc) is 1.81. The highest BCUT2D eigenvalue weighted by Crippen LogP contribution is 2.12. The van der Waals surface area contributed by atoms with Gasteiger partial charge in [0, 0.05) is 0 Å². The van der Waals surface area contributed by atoms with E-state index in [2.05, 4.69) is 9.96 Å². The molecule has 8 heavy (non-hydrogen) atoms. The van der Waals surface area contributed by atoms with Gasteiger partial charge in [-0.3, -0.25) is 0 Å². The first kappa shape index (κ1) is 7.79. The van der Waals surface area contributed by atoms with Gasteiger partial charge in [-0.1, -0.05) is 6.92 Å². The van der Waals surface area contributed by atoms with E-state index in [4.69, 9.17) is 4.52 Å². The Hall–Kier alpha value is -0.210. The molecule has 0 aromatic rings. The Morgan fingerprint density at radius 1 is 1.75 bits per heavy atom. The SMILES string of the molecule is CCCOPON=O. The van der Waals surface area contributed by atoms with Gasteiger partial charge in [0.25, 0.3) is 9.03 Å². The van der Waals surface area contributed by atoms with Gasteiger partial charge in [0.1, 0.15) is 0 Å². The van der Waals surface area contributed by atoms with E-state index in [0.717, 1.165) is 6.42 Å². The quantitative estimate of drug-likeness (QED) is 0.250. The first-order valence-corrected chi connectivity index (χ1v) is 3.09. The normalized spacial score (nSPS) is 10.1. The summed E-state index contributed by atoms with van der Waals surface area (Å²) >= 11 is 0. The lowest BCUT2D eigenvalue weighted by molar-refractivity contribution is 0.273. The first-order valence-electron chi connectivity index (χ1n) is 2.27. The molecule has 0 N–H and O–H groups in total. The second-order valence-corrected chi connectivity index (χ2v) is 1.74. The van der Waals surface area contributed by atoms with Gasteiger partial charge in [-0.05, 0) is 6.42 Å². The number of hydrogen-bond donors (Lipinski definition) is 0. The molecule has 0 saturated heterocycles. The largest absolute Gasteiger partial charge is 0.325 e. The minimum atomic E-state index is -0.240. The summed E-state index contributed by atoms with van der Waals surface area (Å²) < 4.78 is 8.75. The Morgan fingerprint density at radius 3 is 3.00 bits per heavy atom. The zero-order valence-electron chi connectivity index (χ0n) is 4.59. The van der Waals surface area contributed by atoms with Crippen LogP contribution in [0.3, 0.4) is 0 Å². The maximum Gasteiger partial charge on any atom is 0.251 e. The van der Waals surface area contributed by atoms with E-state index in [1.165, 1.54) is 0 Å². The Balaban J connectivity index is 2.62. The third-order valence-electron chi connectivity index (χ3n) is 0.440. The van der Waals surface area contributed by atoms with Crippen molar-refractivity contribution in [3.05, 3.63) is 4.91 Å². The van der Waals surface area contributed by atoms with Crippen LogP contribution in [0.25, 0.3) is 0 Å². The van der Waals surface area contributed by atoms with Crippen molar-refractivity contribution < 1.29 is 9.15 Å². The molecule has 48 valence electrons. The highest BCUT2D eigenvalue weighted by atomic mass is 31.1. The molecule has 1 unspecified atom stereocenters. The number of nitrogens with zero attached hydrogens (tertiary/aromatic N) is 1. The van der Waals surface area contributed by atoms with Crippen LogP contribution >= 0.6 is 9.03 Å².